The predicted octanol–water partition coefficient (Wildman–Crippen LogP) is 2.88. The number of benzene rings is 2. The van der Waals surface area contributed by atoms with Gasteiger partial charge in [0.15, 0.2) is 15.8 Å². The molecule has 2 aromatic rings. The van der Waals surface area contributed by atoms with Crippen molar-refractivity contribution in [2.75, 3.05) is 18.8 Å². The first-order chi connectivity index (χ1) is 12.9. The molecule has 8 heteroatoms. The number of aliphatic imine (C=N–C) groups is 1. The zero-order chi connectivity index (χ0) is 19.7. The molecule has 0 aromatic heterocycles. The second-order valence-corrected chi connectivity index (χ2v) is 7.95. The maximum absolute atomic E-state index is 13.7. The normalized spacial score (nSPS) is 12.0. The molecule has 2 N–H and O–H groups in total. The smallest absolute Gasteiger partial charge is 0.191 e. The Morgan fingerprint density at radius 1 is 1.07 bits per heavy atom. The molecule has 0 spiro atoms. The Morgan fingerprint density at radius 3 is 2.52 bits per heavy atom. The summed E-state index contributed by atoms with van der Waals surface area (Å²) in [5.41, 5.74) is 0.152. The largest absolute Gasteiger partial charge is 0.357 e. The van der Waals surface area contributed by atoms with Crippen LogP contribution in [0.1, 0.15) is 18.9 Å². The van der Waals surface area contributed by atoms with Gasteiger partial charge in [0.05, 0.1) is 17.2 Å². The maximum Gasteiger partial charge on any atom is 0.191 e. The summed E-state index contributed by atoms with van der Waals surface area (Å²) in [5.74, 6) is -0.629. The summed E-state index contributed by atoms with van der Waals surface area (Å²) < 4.78 is 51.3. The number of nitrogens with one attached hydrogen (secondary N) is 2. The molecule has 27 heavy (non-hydrogen) atoms. The van der Waals surface area contributed by atoms with E-state index in [1.807, 2.05) is 6.92 Å². The third kappa shape index (κ3) is 6.63. The molecule has 0 unspecified atom stereocenters. The van der Waals surface area contributed by atoms with E-state index in [1.54, 1.807) is 30.3 Å². The number of rotatable bonds is 8. The zero-order valence-corrected chi connectivity index (χ0v) is 15.9. The maximum atomic E-state index is 13.7. The van der Waals surface area contributed by atoms with Crippen molar-refractivity contribution in [1.29, 1.82) is 0 Å². The molecule has 0 bridgehead atoms. The van der Waals surface area contributed by atoms with E-state index in [4.69, 9.17) is 0 Å². The third-order valence-corrected chi connectivity index (χ3v) is 5.56. The second kappa shape index (κ2) is 10.0. The SMILES string of the molecule is CCNC(=NCc1cc(F)ccc1F)NCCCS(=O)(=O)c1ccccc1. The van der Waals surface area contributed by atoms with Crippen LogP contribution in [-0.4, -0.2) is 33.2 Å². The van der Waals surface area contributed by atoms with Crippen molar-refractivity contribution in [2.45, 2.75) is 24.8 Å². The van der Waals surface area contributed by atoms with Crippen LogP contribution in [0.5, 0.6) is 0 Å². The average molecular weight is 395 g/mol. The van der Waals surface area contributed by atoms with Crippen LogP contribution in [0, 0.1) is 11.6 Å². The van der Waals surface area contributed by atoms with Crippen LogP contribution in [0.15, 0.2) is 58.4 Å². The van der Waals surface area contributed by atoms with Crippen molar-refractivity contribution in [3.8, 4) is 0 Å². The van der Waals surface area contributed by atoms with E-state index in [1.165, 1.54) is 0 Å². The van der Waals surface area contributed by atoms with E-state index in [2.05, 4.69) is 15.6 Å². The molecular weight excluding hydrogens is 372 g/mol. The lowest BCUT2D eigenvalue weighted by atomic mass is 10.2. The van der Waals surface area contributed by atoms with E-state index < -0.39 is 21.5 Å². The molecular formula is C19H23F2N3O2S. The van der Waals surface area contributed by atoms with Gasteiger partial charge in [-0.2, -0.15) is 0 Å². The number of hydrogen-bond acceptors (Lipinski definition) is 3. The summed E-state index contributed by atoms with van der Waals surface area (Å²) in [5, 5.41) is 6.00. The lowest BCUT2D eigenvalue weighted by molar-refractivity contribution is 0.585. The van der Waals surface area contributed by atoms with Crippen LogP contribution in [0.4, 0.5) is 8.78 Å². The Hall–Kier alpha value is -2.48. The quantitative estimate of drug-likeness (QED) is 0.410. The van der Waals surface area contributed by atoms with Crippen molar-refractivity contribution in [3.63, 3.8) is 0 Å². The van der Waals surface area contributed by atoms with Gasteiger partial charge in [-0.25, -0.2) is 22.2 Å². The monoisotopic (exact) mass is 395 g/mol. The Bertz CT molecular complexity index is 872. The highest BCUT2D eigenvalue weighted by Crippen LogP contribution is 2.11. The van der Waals surface area contributed by atoms with Crippen molar-refractivity contribution >= 4 is 15.8 Å². The van der Waals surface area contributed by atoms with Crippen LogP contribution in [0.25, 0.3) is 0 Å². The molecule has 0 heterocycles. The first kappa shape index (κ1) is 20.8. The standard InChI is InChI=1S/C19H23F2N3O2S/c1-2-22-19(24-14-15-13-16(20)9-10-18(15)21)23-11-6-12-27(25,26)17-7-4-3-5-8-17/h3-5,7-10,13H,2,6,11-12,14H2,1H3,(H2,22,23,24). The second-order valence-electron chi connectivity index (χ2n) is 5.84. The minimum atomic E-state index is -3.33. The molecule has 5 nitrogen and oxygen atoms in total. The fourth-order valence-corrected chi connectivity index (χ4v) is 3.72. The molecule has 146 valence electrons. The third-order valence-electron chi connectivity index (χ3n) is 3.74. The summed E-state index contributed by atoms with van der Waals surface area (Å²) >= 11 is 0. The van der Waals surface area contributed by atoms with Gasteiger partial charge in [-0.3, -0.25) is 0 Å². The molecule has 0 aliphatic heterocycles. The van der Waals surface area contributed by atoms with Gasteiger partial charge >= 0.3 is 0 Å². The fourth-order valence-electron chi connectivity index (χ4n) is 2.39. The fraction of sp³-hybridized carbons (Fsp3) is 0.316. The summed E-state index contributed by atoms with van der Waals surface area (Å²) in [4.78, 5) is 4.51. The molecule has 2 rings (SSSR count). The number of sulfone groups is 1. The van der Waals surface area contributed by atoms with Gasteiger partial charge in [0, 0.05) is 18.7 Å². The minimum absolute atomic E-state index is 0.00193. The van der Waals surface area contributed by atoms with E-state index in [0.717, 1.165) is 18.2 Å². The highest BCUT2D eigenvalue weighted by molar-refractivity contribution is 7.91. The number of nitrogens with zero attached hydrogens (tertiary/aromatic N) is 1. The van der Waals surface area contributed by atoms with Crippen molar-refractivity contribution < 1.29 is 17.2 Å². The number of hydrogen-bond donors (Lipinski definition) is 2. The zero-order valence-electron chi connectivity index (χ0n) is 15.1. The summed E-state index contributed by atoms with van der Waals surface area (Å²) in [6.45, 7) is 2.81. The molecule has 0 atom stereocenters. The summed E-state index contributed by atoms with van der Waals surface area (Å²) in [6.07, 6.45) is 0.385. The van der Waals surface area contributed by atoms with Crippen molar-refractivity contribution in [1.82, 2.24) is 10.6 Å². The van der Waals surface area contributed by atoms with Crippen LogP contribution in [0.3, 0.4) is 0 Å². The minimum Gasteiger partial charge on any atom is -0.357 e. The highest BCUT2D eigenvalue weighted by atomic mass is 32.2. The predicted molar refractivity (Wildman–Crippen MR) is 102 cm³/mol. The van der Waals surface area contributed by atoms with Crippen LogP contribution < -0.4 is 10.6 Å². The first-order valence-corrected chi connectivity index (χ1v) is 10.3. The van der Waals surface area contributed by atoms with E-state index >= 15 is 0 Å². The molecule has 0 radical (unpaired) electrons. The molecule has 0 saturated carbocycles. The van der Waals surface area contributed by atoms with Gasteiger partial charge in [-0.05, 0) is 43.7 Å². The van der Waals surface area contributed by atoms with E-state index in [-0.39, 0.29) is 17.9 Å². The molecule has 2 aromatic carbocycles. The lowest BCUT2D eigenvalue weighted by Crippen LogP contribution is -2.38. The Balaban J connectivity index is 1.90. The molecule has 0 aliphatic rings. The number of guanidine groups is 1. The van der Waals surface area contributed by atoms with Crippen LogP contribution in [0.2, 0.25) is 0 Å². The number of halogens is 2. The van der Waals surface area contributed by atoms with E-state index in [9.17, 15) is 17.2 Å². The summed E-state index contributed by atoms with van der Waals surface area (Å²) in [7, 11) is -3.33. The van der Waals surface area contributed by atoms with Crippen molar-refractivity contribution in [3.05, 3.63) is 65.7 Å². The van der Waals surface area contributed by atoms with Crippen LogP contribution >= 0.6 is 0 Å². The molecule has 0 saturated heterocycles. The molecule has 0 aliphatic carbocycles. The van der Waals surface area contributed by atoms with Gasteiger partial charge < -0.3 is 10.6 Å². The summed E-state index contributed by atoms with van der Waals surface area (Å²) in [6, 6.07) is 11.5. The molecule has 0 fully saturated rings. The Kier molecular flexibility index (Phi) is 7.72. The van der Waals surface area contributed by atoms with Gasteiger partial charge in [0.1, 0.15) is 11.6 Å². The van der Waals surface area contributed by atoms with E-state index in [0.29, 0.717) is 30.4 Å². The van der Waals surface area contributed by atoms with Gasteiger partial charge in [0.25, 0.3) is 0 Å². The van der Waals surface area contributed by atoms with Gasteiger partial charge in [0.2, 0.25) is 0 Å². The topological polar surface area (TPSA) is 70.6 Å². The van der Waals surface area contributed by atoms with Gasteiger partial charge in [-0.15, -0.1) is 0 Å². The first-order valence-electron chi connectivity index (χ1n) is 8.66. The van der Waals surface area contributed by atoms with Crippen molar-refractivity contribution in [2.24, 2.45) is 4.99 Å². The lowest BCUT2D eigenvalue weighted by Gasteiger charge is -2.11. The highest BCUT2D eigenvalue weighted by Gasteiger charge is 2.13. The average Bonchev–Trinajstić information content (AvgIpc) is 2.66. The molecule has 0 amide bonds. The Labute approximate surface area is 158 Å². The Morgan fingerprint density at radius 2 is 1.81 bits per heavy atom. The van der Waals surface area contributed by atoms with Crippen LogP contribution in [-0.2, 0) is 16.4 Å². The van der Waals surface area contributed by atoms with Gasteiger partial charge in [-0.1, -0.05) is 18.2 Å².